The van der Waals surface area contributed by atoms with Gasteiger partial charge in [-0.15, -0.1) is 0 Å². The van der Waals surface area contributed by atoms with Crippen molar-refractivity contribution in [1.82, 2.24) is 0 Å². The van der Waals surface area contributed by atoms with Crippen molar-refractivity contribution >= 4 is 60.9 Å². The fraction of sp³-hybridized carbons (Fsp3) is 0. The van der Waals surface area contributed by atoms with E-state index in [9.17, 15) is 0 Å². The van der Waals surface area contributed by atoms with Crippen LogP contribution in [0.1, 0.15) is 0 Å². The van der Waals surface area contributed by atoms with E-state index >= 15 is 0 Å². The fourth-order valence-electron chi connectivity index (χ4n) is 7.38. The summed E-state index contributed by atoms with van der Waals surface area (Å²) in [5.41, 5.74) is 13.7. The van der Waals surface area contributed by atoms with Gasteiger partial charge in [0.2, 0.25) is 0 Å². The largest absolute Gasteiger partial charge is 0.456 e. The van der Waals surface area contributed by atoms with E-state index in [2.05, 4.69) is 169 Å². The Kier molecular flexibility index (Phi) is 6.81. The molecule has 2 aromatic heterocycles. The van der Waals surface area contributed by atoms with Gasteiger partial charge < -0.3 is 13.7 Å². The molecule has 0 atom stereocenters. The molecule has 0 aliphatic carbocycles. The Morgan fingerprint density at radius 1 is 0.294 bits per heavy atom. The molecule has 0 saturated carbocycles. The summed E-state index contributed by atoms with van der Waals surface area (Å²) in [6, 6.07) is 66.4. The molecule has 0 bridgehead atoms. The molecule has 0 radical (unpaired) electrons. The number of anilines is 3. The second-order valence-electron chi connectivity index (χ2n) is 12.9. The molecule has 0 unspecified atom stereocenters. The van der Waals surface area contributed by atoms with Gasteiger partial charge in [0.15, 0.2) is 0 Å². The van der Waals surface area contributed by atoms with Gasteiger partial charge in [-0.1, -0.05) is 127 Å². The first kappa shape index (κ1) is 29.1. The van der Waals surface area contributed by atoms with Crippen LogP contribution in [-0.2, 0) is 0 Å². The predicted molar refractivity (Wildman–Crippen MR) is 212 cm³/mol. The molecule has 0 fully saturated rings. The predicted octanol–water partition coefficient (Wildman–Crippen LogP) is 14.0. The SMILES string of the molecule is c1ccc(-c2ccc(-c3ccc(N(c4ccc5oc6ccccc6c5c4)c4ccc5oc6ccccc6c5c4)c(-c4ccccc4)c3)cc2)cc1. The van der Waals surface area contributed by atoms with Crippen molar-refractivity contribution in [3.63, 3.8) is 0 Å². The van der Waals surface area contributed by atoms with E-state index in [0.29, 0.717) is 0 Å². The smallest absolute Gasteiger partial charge is 0.135 e. The summed E-state index contributed by atoms with van der Waals surface area (Å²) in [5.74, 6) is 0. The van der Waals surface area contributed by atoms with Crippen LogP contribution in [0.3, 0.4) is 0 Å². The fourth-order valence-corrected chi connectivity index (χ4v) is 7.38. The number of rotatable bonds is 6. The van der Waals surface area contributed by atoms with Crippen molar-refractivity contribution in [1.29, 1.82) is 0 Å². The molecular formula is C48H31NO2. The Morgan fingerprint density at radius 3 is 1.29 bits per heavy atom. The van der Waals surface area contributed by atoms with Gasteiger partial charge in [-0.25, -0.2) is 0 Å². The topological polar surface area (TPSA) is 29.5 Å². The summed E-state index contributed by atoms with van der Waals surface area (Å²) in [6.07, 6.45) is 0. The van der Waals surface area contributed by atoms with E-state index in [0.717, 1.165) is 77.6 Å². The number of para-hydroxylation sites is 2. The van der Waals surface area contributed by atoms with Crippen LogP contribution < -0.4 is 4.90 Å². The lowest BCUT2D eigenvalue weighted by Gasteiger charge is -2.28. The zero-order chi connectivity index (χ0) is 33.7. The van der Waals surface area contributed by atoms with Crippen LogP contribution in [0.15, 0.2) is 197 Å². The van der Waals surface area contributed by atoms with Crippen LogP contribution in [0.5, 0.6) is 0 Å². The molecule has 3 nitrogen and oxygen atoms in total. The average molecular weight is 654 g/mol. The van der Waals surface area contributed by atoms with Gasteiger partial charge in [-0.05, 0) is 88.5 Å². The van der Waals surface area contributed by atoms with Gasteiger partial charge in [-0.2, -0.15) is 0 Å². The van der Waals surface area contributed by atoms with Gasteiger partial charge in [0, 0.05) is 38.5 Å². The molecular weight excluding hydrogens is 623 g/mol. The van der Waals surface area contributed by atoms with E-state index in [1.54, 1.807) is 0 Å². The highest BCUT2D eigenvalue weighted by Crippen LogP contribution is 2.45. The summed E-state index contributed by atoms with van der Waals surface area (Å²) < 4.78 is 12.5. The second-order valence-corrected chi connectivity index (χ2v) is 12.9. The van der Waals surface area contributed by atoms with Gasteiger partial charge in [-0.3, -0.25) is 0 Å². The molecule has 51 heavy (non-hydrogen) atoms. The lowest BCUT2D eigenvalue weighted by atomic mass is 9.95. The van der Waals surface area contributed by atoms with E-state index in [4.69, 9.17) is 8.83 Å². The highest BCUT2D eigenvalue weighted by atomic mass is 16.3. The molecule has 0 amide bonds. The first-order valence-corrected chi connectivity index (χ1v) is 17.2. The van der Waals surface area contributed by atoms with E-state index in [1.807, 2.05) is 24.3 Å². The van der Waals surface area contributed by atoms with Crippen molar-refractivity contribution in [3.05, 3.63) is 188 Å². The molecule has 10 aromatic rings. The van der Waals surface area contributed by atoms with Crippen LogP contribution in [0.2, 0.25) is 0 Å². The van der Waals surface area contributed by atoms with Crippen LogP contribution in [0.4, 0.5) is 17.1 Å². The average Bonchev–Trinajstić information content (AvgIpc) is 3.77. The zero-order valence-corrected chi connectivity index (χ0v) is 27.7. The molecule has 0 N–H and O–H groups in total. The van der Waals surface area contributed by atoms with Gasteiger partial charge in [0.25, 0.3) is 0 Å². The molecule has 8 aromatic carbocycles. The Hall–Kier alpha value is -6.84. The maximum atomic E-state index is 6.26. The molecule has 10 rings (SSSR count). The van der Waals surface area contributed by atoms with E-state index in [-0.39, 0.29) is 0 Å². The molecule has 0 aliphatic heterocycles. The summed E-state index contributed by atoms with van der Waals surface area (Å²) in [4.78, 5) is 2.37. The number of hydrogen-bond acceptors (Lipinski definition) is 3. The molecule has 240 valence electrons. The quantitative estimate of drug-likeness (QED) is 0.179. The van der Waals surface area contributed by atoms with Crippen molar-refractivity contribution in [2.75, 3.05) is 4.90 Å². The number of fused-ring (bicyclic) bond motifs is 6. The highest BCUT2D eigenvalue weighted by Gasteiger charge is 2.21. The molecule has 0 saturated heterocycles. The van der Waals surface area contributed by atoms with Crippen LogP contribution in [0, 0.1) is 0 Å². The molecule has 0 aliphatic rings. The summed E-state index contributed by atoms with van der Waals surface area (Å²) >= 11 is 0. The lowest BCUT2D eigenvalue weighted by Crippen LogP contribution is -2.11. The van der Waals surface area contributed by atoms with Crippen molar-refractivity contribution in [2.24, 2.45) is 0 Å². The Morgan fingerprint density at radius 2 is 0.725 bits per heavy atom. The number of benzene rings is 8. The molecule has 3 heteroatoms. The first-order valence-electron chi connectivity index (χ1n) is 17.2. The van der Waals surface area contributed by atoms with E-state index < -0.39 is 0 Å². The Balaban J connectivity index is 1.19. The summed E-state index contributed by atoms with van der Waals surface area (Å²) in [6.45, 7) is 0. The van der Waals surface area contributed by atoms with Crippen molar-refractivity contribution < 1.29 is 8.83 Å². The Labute approximate surface area is 295 Å². The minimum atomic E-state index is 0.869. The summed E-state index contributed by atoms with van der Waals surface area (Å²) in [7, 11) is 0. The third-order valence-corrected chi connectivity index (χ3v) is 9.88. The maximum absolute atomic E-state index is 6.26. The van der Waals surface area contributed by atoms with Crippen molar-refractivity contribution in [2.45, 2.75) is 0 Å². The van der Waals surface area contributed by atoms with Gasteiger partial charge >= 0.3 is 0 Å². The molecule has 2 heterocycles. The summed E-state index contributed by atoms with van der Waals surface area (Å²) in [5, 5.41) is 4.37. The number of hydrogen-bond donors (Lipinski definition) is 0. The van der Waals surface area contributed by atoms with Crippen LogP contribution in [0.25, 0.3) is 77.3 Å². The normalized spacial score (nSPS) is 11.5. The van der Waals surface area contributed by atoms with Crippen LogP contribution in [-0.4, -0.2) is 0 Å². The van der Waals surface area contributed by atoms with Gasteiger partial charge in [0.1, 0.15) is 22.3 Å². The van der Waals surface area contributed by atoms with Gasteiger partial charge in [0.05, 0.1) is 5.69 Å². The third kappa shape index (κ3) is 5.06. The highest BCUT2D eigenvalue weighted by molar-refractivity contribution is 6.09. The first-order chi connectivity index (χ1) is 25.3. The molecule has 0 spiro atoms. The second kappa shape index (κ2) is 11.9. The van der Waals surface area contributed by atoms with Crippen LogP contribution >= 0.6 is 0 Å². The standard InChI is InChI=1S/C48H31NO2/c1-3-11-32(12-4-1)33-19-21-34(22-20-33)36-23-26-44(41(29-36)35-13-5-2-6-14-35)49(37-24-27-47-42(30-37)39-15-7-9-17-45(39)50-47)38-25-28-48-43(31-38)40-16-8-10-18-46(40)51-48/h1-31H. The monoisotopic (exact) mass is 653 g/mol. The minimum absolute atomic E-state index is 0.869. The zero-order valence-electron chi connectivity index (χ0n) is 27.7. The Bertz CT molecular complexity index is 2730. The number of furan rings is 2. The maximum Gasteiger partial charge on any atom is 0.135 e. The minimum Gasteiger partial charge on any atom is -0.456 e. The number of nitrogens with zero attached hydrogens (tertiary/aromatic N) is 1. The van der Waals surface area contributed by atoms with Crippen molar-refractivity contribution in [3.8, 4) is 33.4 Å². The van der Waals surface area contributed by atoms with E-state index in [1.165, 1.54) is 16.7 Å². The lowest BCUT2D eigenvalue weighted by molar-refractivity contribution is 0.668. The third-order valence-electron chi connectivity index (χ3n) is 9.88.